The van der Waals surface area contributed by atoms with Gasteiger partial charge < -0.3 is 24.8 Å². The monoisotopic (exact) mass is 464 g/mol. The molecule has 1 fully saturated rings. The molecule has 0 aliphatic carbocycles. The van der Waals surface area contributed by atoms with Gasteiger partial charge in [-0.25, -0.2) is 9.37 Å². The van der Waals surface area contributed by atoms with E-state index in [0.29, 0.717) is 47.3 Å². The van der Waals surface area contributed by atoms with Gasteiger partial charge in [0, 0.05) is 29.7 Å². The molecule has 1 saturated heterocycles. The molecule has 10 heteroatoms. The molecule has 0 spiro atoms. The minimum atomic E-state index is -0.911. The van der Waals surface area contributed by atoms with Crippen LogP contribution in [-0.4, -0.2) is 49.5 Å². The number of hydrogen-bond donors (Lipinski definition) is 2. The van der Waals surface area contributed by atoms with Gasteiger partial charge in [0.1, 0.15) is 11.6 Å². The zero-order chi connectivity index (χ0) is 22.5. The molecular weight excluding hydrogens is 442 g/mol. The van der Waals surface area contributed by atoms with Gasteiger partial charge in [0.25, 0.3) is 0 Å². The lowest BCUT2D eigenvalue weighted by atomic mass is 10.1. The van der Waals surface area contributed by atoms with Crippen LogP contribution in [0, 0.1) is 11.9 Å². The largest absolute Gasteiger partial charge is 0.493 e. The number of hydrogen-bond acceptors (Lipinski definition) is 7. The van der Waals surface area contributed by atoms with Crippen LogP contribution in [0.1, 0.15) is 12.8 Å². The second kappa shape index (κ2) is 10.2. The van der Waals surface area contributed by atoms with Crippen LogP contribution in [0.3, 0.4) is 0 Å². The Morgan fingerprint density at radius 3 is 2.84 bits per heavy atom. The third-order valence-corrected chi connectivity index (χ3v) is 5.38. The van der Waals surface area contributed by atoms with E-state index in [1.807, 2.05) is 0 Å². The molecular formula is C22H23ClF2N4O3. The van der Waals surface area contributed by atoms with Gasteiger partial charge in [-0.3, -0.25) is 0 Å². The topological polar surface area (TPSA) is 77.5 Å². The number of fused-ring (bicyclic) bond motifs is 1. The number of nitrogens with one attached hydrogen (secondary N) is 2. The molecule has 0 saturated carbocycles. The lowest BCUT2D eigenvalue weighted by Crippen LogP contribution is -2.41. The Morgan fingerprint density at radius 1 is 1.22 bits per heavy atom. The maximum Gasteiger partial charge on any atom is 0.311 e. The highest BCUT2D eigenvalue weighted by Crippen LogP contribution is 2.35. The van der Waals surface area contributed by atoms with Gasteiger partial charge in [-0.05, 0) is 37.1 Å². The van der Waals surface area contributed by atoms with E-state index in [9.17, 15) is 8.78 Å². The van der Waals surface area contributed by atoms with Crippen molar-refractivity contribution in [1.29, 1.82) is 0 Å². The van der Waals surface area contributed by atoms with Crippen LogP contribution in [0.5, 0.6) is 11.5 Å². The quantitative estimate of drug-likeness (QED) is 0.376. The summed E-state index contributed by atoms with van der Waals surface area (Å²) in [6, 6.07) is 7.70. The maximum absolute atomic E-state index is 14.1. The Kier molecular flexibility index (Phi) is 7.19. The molecule has 1 unspecified atom stereocenters. The molecule has 0 radical (unpaired) electrons. The first-order chi connectivity index (χ1) is 15.5. The third-order valence-electron chi connectivity index (χ3n) is 5.09. The highest BCUT2D eigenvalue weighted by atomic mass is 35.5. The van der Waals surface area contributed by atoms with Crippen molar-refractivity contribution in [2.45, 2.75) is 18.9 Å². The van der Waals surface area contributed by atoms with E-state index in [2.05, 4.69) is 20.6 Å². The van der Waals surface area contributed by atoms with Crippen LogP contribution in [0.2, 0.25) is 5.02 Å². The Morgan fingerprint density at radius 2 is 2.09 bits per heavy atom. The van der Waals surface area contributed by atoms with Crippen LogP contribution in [-0.2, 0) is 4.74 Å². The van der Waals surface area contributed by atoms with E-state index in [4.69, 9.17) is 25.8 Å². The fraction of sp³-hybridized carbons (Fsp3) is 0.364. The van der Waals surface area contributed by atoms with Crippen molar-refractivity contribution in [1.82, 2.24) is 15.3 Å². The highest BCUT2D eigenvalue weighted by Gasteiger charge is 2.16. The van der Waals surface area contributed by atoms with Crippen LogP contribution in [0.4, 0.5) is 20.3 Å². The number of ether oxygens (including phenoxy) is 3. The first-order valence-corrected chi connectivity index (χ1v) is 10.6. The van der Waals surface area contributed by atoms with Crippen LogP contribution in [0.25, 0.3) is 10.9 Å². The molecule has 2 heterocycles. The zero-order valence-corrected chi connectivity index (χ0v) is 18.2. The van der Waals surface area contributed by atoms with Crippen LogP contribution in [0.15, 0.2) is 30.3 Å². The number of halogens is 3. The predicted octanol–water partition coefficient (Wildman–Crippen LogP) is 4.46. The Labute approximate surface area is 189 Å². The zero-order valence-electron chi connectivity index (χ0n) is 17.5. The van der Waals surface area contributed by atoms with E-state index >= 15 is 0 Å². The fourth-order valence-corrected chi connectivity index (χ4v) is 3.68. The maximum atomic E-state index is 14.1. The molecule has 0 amide bonds. The van der Waals surface area contributed by atoms with Gasteiger partial charge in [0.15, 0.2) is 11.5 Å². The number of aromatic nitrogens is 2. The molecule has 7 nitrogen and oxygen atoms in total. The molecule has 0 bridgehead atoms. The van der Waals surface area contributed by atoms with Crippen molar-refractivity contribution in [3.8, 4) is 11.5 Å². The minimum Gasteiger partial charge on any atom is -0.493 e. The standard InChI is InChI=1S/C22H23ClF2N4O3/c1-30-19-11-18-15(10-20(19)32-7-2-3-14-12-31-8-6-26-14)21(29-22(25)28-18)27-13-4-5-17(24)16(23)9-13/h4-5,9-11,14,26H,2-3,6-8,12H2,1H3,(H,27,28,29). The van der Waals surface area contributed by atoms with Gasteiger partial charge in [0.05, 0.1) is 37.5 Å². The molecule has 32 heavy (non-hydrogen) atoms. The Bertz CT molecular complexity index is 1100. The summed E-state index contributed by atoms with van der Waals surface area (Å²) in [4.78, 5) is 7.71. The fourth-order valence-electron chi connectivity index (χ4n) is 3.50. The van der Waals surface area contributed by atoms with Crippen molar-refractivity contribution in [3.05, 3.63) is 47.2 Å². The van der Waals surface area contributed by atoms with Gasteiger partial charge in [-0.15, -0.1) is 0 Å². The summed E-state index contributed by atoms with van der Waals surface area (Å²) in [5.41, 5.74) is 0.789. The first-order valence-electron chi connectivity index (χ1n) is 10.2. The lowest BCUT2D eigenvalue weighted by molar-refractivity contribution is 0.0721. The number of morpholine rings is 1. The molecule has 1 aliphatic heterocycles. The third kappa shape index (κ3) is 5.35. The van der Waals surface area contributed by atoms with E-state index in [-0.39, 0.29) is 10.8 Å². The summed E-state index contributed by atoms with van der Waals surface area (Å²) in [5.74, 6) is 0.575. The van der Waals surface area contributed by atoms with Crippen LogP contribution < -0.4 is 20.1 Å². The van der Waals surface area contributed by atoms with E-state index < -0.39 is 11.9 Å². The number of rotatable bonds is 8. The summed E-state index contributed by atoms with van der Waals surface area (Å²) >= 11 is 5.85. The second-order valence-electron chi connectivity index (χ2n) is 7.33. The first kappa shape index (κ1) is 22.4. The molecule has 1 aliphatic rings. The van der Waals surface area contributed by atoms with Gasteiger partial charge in [0.2, 0.25) is 0 Å². The van der Waals surface area contributed by atoms with Crippen molar-refractivity contribution in [2.24, 2.45) is 0 Å². The molecule has 2 N–H and O–H groups in total. The average Bonchev–Trinajstić information content (AvgIpc) is 2.79. The molecule has 2 aromatic carbocycles. The normalized spacial score (nSPS) is 16.2. The Hall–Kier alpha value is -2.75. The smallest absolute Gasteiger partial charge is 0.311 e. The molecule has 1 aromatic heterocycles. The van der Waals surface area contributed by atoms with Crippen molar-refractivity contribution < 1.29 is 23.0 Å². The van der Waals surface area contributed by atoms with Gasteiger partial charge in [-0.2, -0.15) is 9.37 Å². The Balaban J connectivity index is 1.55. The number of benzene rings is 2. The van der Waals surface area contributed by atoms with Crippen LogP contribution >= 0.6 is 11.6 Å². The molecule has 170 valence electrons. The second-order valence-corrected chi connectivity index (χ2v) is 7.74. The highest BCUT2D eigenvalue weighted by molar-refractivity contribution is 6.31. The van der Waals surface area contributed by atoms with E-state index in [0.717, 1.165) is 26.0 Å². The number of nitrogens with zero attached hydrogens (tertiary/aromatic N) is 2. The molecule has 3 aromatic rings. The van der Waals surface area contributed by atoms with E-state index in [1.165, 1.54) is 25.3 Å². The summed E-state index contributed by atoms with van der Waals surface area (Å²) in [5, 5.41) is 6.84. The summed E-state index contributed by atoms with van der Waals surface area (Å²) in [6.07, 6.45) is 0.829. The molecule has 1 atom stereocenters. The SMILES string of the molecule is COc1cc2nc(F)nc(Nc3ccc(F)c(Cl)c3)c2cc1OCCCC1COCCN1. The van der Waals surface area contributed by atoms with Crippen molar-refractivity contribution >= 4 is 34.0 Å². The number of methoxy groups -OCH3 is 1. The average molecular weight is 465 g/mol. The number of anilines is 2. The van der Waals surface area contributed by atoms with Crippen molar-refractivity contribution in [3.63, 3.8) is 0 Å². The van der Waals surface area contributed by atoms with Crippen molar-refractivity contribution in [2.75, 3.05) is 38.8 Å². The van der Waals surface area contributed by atoms with E-state index in [1.54, 1.807) is 12.1 Å². The van der Waals surface area contributed by atoms with Gasteiger partial charge >= 0.3 is 6.08 Å². The summed E-state index contributed by atoms with van der Waals surface area (Å²) < 4.78 is 44.4. The summed E-state index contributed by atoms with van der Waals surface area (Å²) in [7, 11) is 1.51. The minimum absolute atomic E-state index is 0.0580. The lowest BCUT2D eigenvalue weighted by Gasteiger charge is -2.23. The predicted molar refractivity (Wildman–Crippen MR) is 118 cm³/mol. The summed E-state index contributed by atoms with van der Waals surface area (Å²) in [6.45, 7) is 2.77. The molecule has 4 rings (SSSR count). The van der Waals surface area contributed by atoms with Gasteiger partial charge in [-0.1, -0.05) is 11.6 Å².